The Hall–Kier alpha value is -0.120. The monoisotopic (exact) mass is 158 g/mol. The lowest BCUT2D eigenvalue weighted by molar-refractivity contribution is 0.213. The molecule has 3 nitrogen and oxygen atoms in total. The summed E-state index contributed by atoms with van der Waals surface area (Å²) in [5, 5.41) is 11.9. The van der Waals surface area contributed by atoms with E-state index in [1.165, 1.54) is 19.4 Å². The predicted octanol–water partition coefficient (Wildman–Crippen LogP) is -0.338. The minimum absolute atomic E-state index is 0.250. The van der Waals surface area contributed by atoms with Crippen LogP contribution in [0.4, 0.5) is 0 Å². The highest BCUT2D eigenvalue weighted by molar-refractivity contribution is 4.75. The Morgan fingerprint density at radius 1 is 1.64 bits per heavy atom. The molecule has 0 radical (unpaired) electrons. The number of nitrogens with one attached hydrogen (secondary N) is 1. The maximum absolute atomic E-state index is 8.59. The van der Waals surface area contributed by atoms with E-state index in [-0.39, 0.29) is 6.61 Å². The average molecular weight is 158 g/mol. The van der Waals surface area contributed by atoms with E-state index < -0.39 is 0 Å². The molecule has 66 valence electrons. The summed E-state index contributed by atoms with van der Waals surface area (Å²) in [6.07, 6.45) is 2.53. The topological polar surface area (TPSA) is 35.5 Å². The van der Waals surface area contributed by atoms with Crippen LogP contribution >= 0.6 is 0 Å². The summed E-state index contributed by atoms with van der Waals surface area (Å²) in [4.78, 5) is 2.33. The van der Waals surface area contributed by atoms with Gasteiger partial charge in [0.25, 0.3) is 0 Å². The van der Waals surface area contributed by atoms with Gasteiger partial charge < -0.3 is 15.3 Å². The van der Waals surface area contributed by atoms with Crippen LogP contribution in [0.1, 0.15) is 12.8 Å². The second kappa shape index (κ2) is 4.70. The highest BCUT2D eigenvalue weighted by Crippen LogP contribution is 2.06. The van der Waals surface area contributed by atoms with Gasteiger partial charge in [0.05, 0.1) is 6.61 Å². The normalized spacial score (nSPS) is 27.3. The Bertz CT molecular complexity index is 108. The van der Waals surface area contributed by atoms with E-state index in [2.05, 4.69) is 17.3 Å². The number of likely N-dealkylation sites (tertiary alicyclic amines) is 1. The fourth-order valence-corrected chi connectivity index (χ4v) is 1.60. The van der Waals surface area contributed by atoms with Crippen LogP contribution in [0.5, 0.6) is 0 Å². The van der Waals surface area contributed by atoms with E-state index >= 15 is 0 Å². The number of aliphatic hydroxyl groups is 1. The third-order valence-electron chi connectivity index (χ3n) is 2.17. The van der Waals surface area contributed by atoms with Gasteiger partial charge in [-0.3, -0.25) is 0 Å². The van der Waals surface area contributed by atoms with Gasteiger partial charge in [-0.1, -0.05) is 0 Å². The van der Waals surface area contributed by atoms with Crippen molar-refractivity contribution in [3.63, 3.8) is 0 Å². The number of likely N-dealkylation sites (N-methyl/N-ethyl adjacent to an activating group) is 1. The first-order chi connectivity index (χ1) is 5.33. The SMILES string of the molecule is CN1CCC[C@H](NCCO)C1. The van der Waals surface area contributed by atoms with E-state index in [1.807, 2.05) is 0 Å². The minimum Gasteiger partial charge on any atom is -0.395 e. The van der Waals surface area contributed by atoms with Crippen molar-refractivity contribution in [1.82, 2.24) is 10.2 Å². The number of hydrogen-bond donors (Lipinski definition) is 2. The molecule has 2 N–H and O–H groups in total. The van der Waals surface area contributed by atoms with E-state index in [1.54, 1.807) is 0 Å². The van der Waals surface area contributed by atoms with Gasteiger partial charge in [-0.2, -0.15) is 0 Å². The zero-order valence-electron chi connectivity index (χ0n) is 7.21. The van der Waals surface area contributed by atoms with Crippen molar-refractivity contribution >= 4 is 0 Å². The first kappa shape index (κ1) is 8.97. The van der Waals surface area contributed by atoms with Crippen molar-refractivity contribution in [3.8, 4) is 0 Å². The van der Waals surface area contributed by atoms with Crippen LogP contribution in [0, 0.1) is 0 Å². The highest BCUT2D eigenvalue weighted by Gasteiger charge is 2.15. The molecule has 3 heteroatoms. The second-order valence-corrected chi connectivity index (χ2v) is 3.28. The Balaban J connectivity index is 2.12. The summed E-state index contributed by atoms with van der Waals surface area (Å²) in [6, 6.07) is 0.598. The van der Waals surface area contributed by atoms with Crippen molar-refractivity contribution in [3.05, 3.63) is 0 Å². The van der Waals surface area contributed by atoms with Crippen LogP contribution in [-0.2, 0) is 0 Å². The maximum atomic E-state index is 8.59. The lowest BCUT2D eigenvalue weighted by atomic mass is 10.1. The molecule has 0 aromatic rings. The van der Waals surface area contributed by atoms with E-state index in [9.17, 15) is 0 Å². The summed E-state index contributed by atoms with van der Waals surface area (Å²) in [5.74, 6) is 0. The third kappa shape index (κ3) is 3.18. The molecule has 0 amide bonds. The molecule has 0 aromatic carbocycles. The molecule has 0 spiro atoms. The molecule has 1 atom stereocenters. The van der Waals surface area contributed by atoms with Crippen LogP contribution in [-0.4, -0.2) is 49.3 Å². The van der Waals surface area contributed by atoms with Gasteiger partial charge in [-0.15, -0.1) is 0 Å². The van der Waals surface area contributed by atoms with Crippen molar-refractivity contribution < 1.29 is 5.11 Å². The predicted molar refractivity (Wildman–Crippen MR) is 45.6 cm³/mol. The van der Waals surface area contributed by atoms with E-state index in [0.717, 1.165) is 13.1 Å². The number of hydrogen-bond acceptors (Lipinski definition) is 3. The molecule has 1 saturated heterocycles. The Kier molecular flexibility index (Phi) is 3.83. The number of piperidine rings is 1. The van der Waals surface area contributed by atoms with Crippen LogP contribution in [0.3, 0.4) is 0 Å². The van der Waals surface area contributed by atoms with Crippen LogP contribution in [0.15, 0.2) is 0 Å². The van der Waals surface area contributed by atoms with Gasteiger partial charge in [0, 0.05) is 19.1 Å². The third-order valence-corrected chi connectivity index (χ3v) is 2.17. The molecule has 1 aliphatic rings. The molecular formula is C8H18N2O. The Morgan fingerprint density at radius 3 is 3.09 bits per heavy atom. The Morgan fingerprint density at radius 2 is 2.45 bits per heavy atom. The molecule has 0 bridgehead atoms. The smallest absolute Gasteiger partial charge is 0.0556 e. The molecule has 11 heavy (non-hydrogen) atoms. The van der Waals surface area contributed by atoms with Crippen molar-refractivity contribution in [2.45, 2.75) is 18.9 Å². The van der Waals surface area contributed by atoms with Crippen molar-refractivity contribution in [2.75, 3.05) is 33.3 Å². The van der Waals surface area contributed by atoms with Gasteiger partial charge >= 0.3 is 0 Å². The molecule has 1 heterocycles. The van der Waals surface area contributed by atoms with Crippen molar-refractivity contribution in [1.29, 1.82) is 0 Å². The largest absolute Gasteiger partial charge is 0.395 e. The van der Waals surface area contributed by atoms with E-state index in [0.29, 0.717) is 6.04 Å². The standard InChI is InChI=1S/C8H18N2O/c1-10-5-2-3-8(7-10)9-4-6-11/h8-9,11H,2-7H2,1H3/t8-/m0/s1. The number of rotatable bonds is 3. The molecular weight excluding hydrogens is 140 g/mol. The van der Waals surface area contributed by atoms with Gasteiger partial charge in [0.2, 0.25) is 0 Å². The molecule has 1 aliphatic heterocycles. The summed E-state index contributed by atoms with van der Waals surface area (Å²) < 4.78 is 0. The summed E-state index contributed by atoms with van der Waals surface area (Å²) >= 11 is 0. The van der Waals surface area contributed by atoms with Gasteiger partial charge in [-0.05, 0) is 26.4 Å². The van der Waals surface area contributed by atoms with Gasteiger partial charge in [0.1, 0.15) is 0 Å². The highest BCUT2D eigenvalue weighted by atomic mass is 16.3. The van der Waals surface area contributed by atoms with Crippen molar-refractivity contribution in [2.24, 2.45) is 0 Å². The molecule has 1 fully saturated rings. The number of aliphatic hydroxyl groups excluding tert-OH is 1. The molecule has 0 aromatic heterocycles. The zero-order valence-corrected chi connectivity index (χ0v) is 7.21. The zero-order chi connectivity index (χ0) is 8.10. The molecule has 1 rings (SSSR count). The van der Waals surface area contributed by atoms with Crippen LogP contribution < -0.4 is 5.32 Å². The lowest BCUT2D eigenvalue weighted by Gasteiger charge is -2.30. The maximum Gasteiger partial charge on any atom is 0.0556 e. The van der Waals surface area contributed by atoms with Crippen LogP contribution in [0.25, 0.3) is 0 Å². The lowest BCUT2D eigenvalue weighted by Crippen LogP contribution is -2.44. The first-order valence-electron chi connectivity index (χ1n) is 4.35. The fraction of sp³-hybridized carbons (Fsp3) is 1.00. The van der Waals surface area contributed by atoms with Gasteiger partial charge in [-0.25, -0.2) is 0 Å². The fourth-order valence-electron chi connectivity index (χ4n) is 1.60. The quantitative estimate of drug-likeness (QED) is 0.590. The summed E-state index contributed by atoms with van der Waals surface area (Å²) in [7, 11) is 2.15. The van der Waals surface area contributed by atoms with Gasteiger partial charge in [0.15, 0.2) is 0 Å². The minimum atomic E-state index is 0.250. The molecule has 0 saturated carbocycles. The summed E-state index contributed by atoms with van der Waals surface area (Å²) in [6.45, 7) is 3.33. The first-order valence-corrected chi connectivity index (χ1v) is 4.35. The molecule has 0 aliphatic carbocycles. The van der Waals surface area contributed by atoms with Crippen LogP contribution in [0.2, 0.25) is 0 Å². The number of nitrogens with zero attached hydrogens (tertiary/aromatic N) is 1. The molecule has 0 unspecified atom stereocenters. The average Bonchev–Trinajstić information content (AvgIpc) is 2.01. The Labute approximate surface area is 68.4 Å². The summed E-state index contributed by atoms with van der Waals surface area (Å²) in [5.41, 5.74) is 0. The van der Waals surface area contributed by atoms with E-state index in [4.69, 9.17) is 5.11 Å². The second-order valence-electron chi connectivity index (χ2n) is 3.28.